The molecule has 26 heavy (non-hydrogen) atoms. The molecule has 2 heteroatoms. The molecule has 0 radical (unpaired) electrons. The third kappa shape index (κ3) is 4.72. The number of hydrogen-bond acceptors (Lipinski definition) is 1. The van der Waals surface area contributed by atoms with Crippen LogP contribution in [0.5, 0.6) is 0 Å². The first-order chi connectivity index (χ1) is 12.5. The summed E-state index contributed by atoms with van der Waals surface area (Å²) < 4.78 is 1.10. The van der Waals surface area contributed by atoms with Crippen LogP contribution in [0, 0.1) is 6.92 Å². The lowest BCUT2D eigenvalue weighted by Crippen LogP contribution is -2.11. The third-order valence-corrected chi connectivity index (χ3v) is 4.93. The Balaban J connectivity index is 1.94. The van der Waals surface area contributed by atoms with Crippen LogP contribution in [0.2, 0.25) is 0 Å². The van der Waals surface area contributed by atoms with E-state index >= 15 is 0 Å². The molecule has 0 bridgehead atoms. The van der Waals surface area contributed by atoms with Gasteiger partial charge in [0.2, 0.25) is 0 Å². The van der Waals surface area contributed by atoms with Gasteiger partial charge in [-0.3, -0.25) is 0 Å². The highest BCUT2D eigenvalue weighted by Crippen LogP contribution is 2.27. The highest BCUT2D eigenvalue weighted by atomic mass is 79.9. The zero-order valence-electron chi connectivity index (χ0n) is 15.5. The maximum Gasteiger partial charge on any atom is 0.0175 e. The minimum atomic E-state index is 0.914. The Morgan fingerprint density at radius 3 is 1.73 bits per heavy atom. The van der Waals surface area contributed by atoms with Gasteiger partial charge in [0, 0.05) is 11.0 Å². The summed E-state index contributed by atoms with van der Waals surface area (Å²) in [6.07, 6.45) is 2.30. The number of hydrogen-bond donors (Lipinski definition) is 0. The molecule has 0 fully saturated rings. The summed E-state index contributed by atoms with van der Waals surface area (Å²) in [5.74, 6) is 0. The van der Waals surface area contributed by atoms with E-state index in [1.54, 1.807) is 0 Å². The van der Waals surface area contributed by atoms with E-state index in [1.165, 1.54) is 33.4 Å². The molecule has 0 amide bonds. The van der Waals surface area contributed by atoms with Crippen molar-refractivity contribution in [1.29, 1.82) is 0 Å². The van der Waals surface area contributed by atoms with E-state index in [0.717, 1.165) is 11.0 Å². The summed E-state index contributed by atoms with van der Waals surface area (Å²) in [6, 6.07) is 26.1. The minimum Gasteiger partial charge on any atom is -0.306 e. The van der Waals surface area contributed by atoms with Crippen molar-refractivity contribution < 1.29 is 0 Å². The zero-order valence-corrected chi connectivity index (χ0v) is 17.1. The summed E-state index contributed by atoms with van der Waals surface area (Å²) in [5, 5.41) is 0. The lowest BCUT2D eigenvalue weighted by molar-refractivity contribution is 0.457. The van der Waals surface area contributed by atoms with Crippen molar-refractivity contribution >= 4 is 21.5 Å². The van der Waals surface area contributed by atoms with E-state index in [2.05, 4.69) is 121 Å². The second kappa shape index (κ2) is 8.48. The van der Waals surface area contributed by atoms with E-state index < -0.39 is 0 Å². The molecule has 132 valence electrons. The van der Waals surface area contributed by atoms with Gasteiger partial charge in [0.15, 0.2) is 0 Å². The Kier molecular flexibility index (Phi) is 6.08. The fourth-order valence-corrected chi connectivity index (χ4v) is 3.16. The van der Waals surface area contributed by atoms with Gasteiger partial charge in [-0.25, -0.2) is 0 Å². The molecule has 0 atom stereocenters. The molecule has 0 aliphatic rings. The topological polar surface area (TPSA) is 3.24 Å². The molecule has 0 aromatic heterocycles. The highest BCUT2D eigenvalue weighted by molar-refractivity contribution is 9.10. The molecule has 0 unspecified atom stereocenters. The van der Waals surface area contributed by atoms with Crippen molar-refractivity contribution in [1.82, 2.24) is 4.90 Å². The second-order valence-electron chi connectivity index (χ2n) is 6.83. The number of rotatable bonds is 5. The Bertz CT molecular complexity index is 873. The summed E-state index contributed by atoms with van der Waals surface area (Å²) in [7, 11) is 4.19. The Labute approximate surface area is 165 Å². The lowest BCUT2D eigenvalue weighted by Gasteiger charge is -2.13. The highest BCUT2D eigenvalue weighted by Gasteiger charge is 2.06. The summed E-state index contributed by atoms with van der Waals surface area (Å²) >= 11 is 3.50. The maximum atomic E-state index is 3.50. The van der Waals surface area contributed by atoms with Crippen molar-refractivity contribution in [3.8, 4) is 11.1 Å². The molecule has 0 spiro atoms. The van der Waals surface area contributed by atoms with Crippen LogP contribution in [0.1, 0.15) is 16.7 Å². The number of benzene rings is 3. The van der Waals surface area contributed by atoms with Crippen molar-refractivity contribution in [3.63, 3.8) is 0 Å². The first kappa shape index (κ1) is 18.6. The van der Waals surface area contributed by atoms with Crippen molar-refractivity contribution in [2.75, 3.05) is 20.6 Å². The Morgan fingerprint density at radius 1 is 0.769 bits per heavy atom. The van der Waals surface area contributed by atoms with Crippen LogP contribution < -0.4 is 0 Å². The number of aryl methyl sites for hydroxylation is 1. The van der Waals surface area contributed by atoms with Crippen LogP contribution in [-0.2, 0) is 0 Å². The van der Waals surface area contributed by atoms with Crippen LogP contribution in [0.3, 0.4) is 0 Å². The average Bonchev–Trinajstić information content (AvgIpc) is 2.64. The first-order valence-corrected chi connectivity index (χ1v) is 9.60. The Morgan fingerprint density at radius 2 is 1.23 bits per heavy atom. The normalized spacial score (nSPS) is 11.8. The lowest BCUT2D eigenvalue weighted by atomic mass is 9.94. The summed E-state index contributed by atoms with van der Waals surface area (Å²) in [4.78, 5) is 2.18. The molecule has 3 rings (SSSR count). The predicted octanol–water partition coefficient (Wildman–Crippen LogP) is 6.42. The molecular formula is C24H24BrN. The van der Waals surface area contributed by atoms with Crippen LogP contribution in [-0.4, -0.2) is 25.5 Å². The molecule has 0 saturated heterocycles. The number of halogens is 1. The van der Waals surface area contributed by atoms with Gasteiger partial charge in [-0.1, -0.05) is 88.2 Å². The van der Waals surface area contributed by atoms with Gasteiger partial charge in [0.25, 0.3) is 0 Å². The third-order valence-electron chi connectivity index (χ3n) is 4.40. The quantitative estimate of drug-likeness (QED) is 0.473. The van der Waals surface area contributed by atoms with E-state index in [1.807, 2.05) is 0 Å². The largest absolute Gasteiger partial charge is 0.306 e. The van der Waals surface area contributed by atoms with Crippen LogP contribution in [0.15, 0.2) is 83.3 Å². The minimum absolute atomic E-state index is 0.914. The van der Waals surface area contributed by atoms with E-state index in [0.29, 0.717) is 0 Å². The molecule has 3 aromatic rings. The molecule has 0 aliphatic heterocycles. The van der Waals surface area contributed by atoms with E-state index in [4.69, 9.17) is 0 Å². The van der Waals surface area contributed by atoms with Gasteiger partial charge < -0.3 is 4.90 Å². The van der Waals surface area contributed by atoms with Crippen LogP contribution >= 0.6 is 15.9 Å². The van der Waals surface area contributed by atoms with Crippen LogP contribution in [0.4, 0.5) is 0 Å². The second-order valence-corrected chi connectivity index (χ2v) is 7.75. The average molecular weight is 406 g/mol. The van der Waals surface area contributed by atoms with Gasteiger partial charge in [-0.2, -0.15) is 0 Å². The van der Waals surface area contributed by atoms with E-state index in [9.17, 15) is 0 Å². The first-order valence-electron chi connectivity index (χ1n) is 8.81. The number of nitrogens with zero attached hydrogens (tertiary/aromatic N) is 1. The van der Waals surface area contributed by atoms with Crippen molar-refractivity contribution in [3.05, 3.63) is 100 Å². The molecule has 0 saturated carbocycles. The Hall–Kier alpha value is -2.16. The van der Waals surface area contributed by atoms with Gasteiger partial charge in [-0.15, -0.1) is 0 Å². The maximum absolute atomic E-state index is 3.50. The smallest absolute Gasteiger partial charge is 0.0175 e. The fourth-order valence-electron chi connectivity index (χ4n) is 2.89. The zero-order chi connectivity index (χ0) is 18.5. The van der Waals surface area contributed by atoms with Gasteiger partial charge in [-0.05, 0) is 61.0 Å². The van der Waals surface area contributed by atoms with Gasteiger partial charge in [0.05, 0.1) is 0 Å². The predicted molar refractivity (Wildman–Crippen MR) is 116 cm³/mol. The molecular weight excluding hydrogens is 382 g/mol. The monoisotopic (exact) mass is 405 g/mol. The van der Waals surface area contributed by atoms with Gasteiger partial charge >= 0.3 is 0 Å². The molecule has 1 nitrogen and oxygen atoms in total. The molecule has 0 N–H and O–H groups in total. The van der Waals surface area contributed by atoms with Gasteiger partial charge in [0.1, 0.15) is 0 Å². The number of likely N-dealkylation sites (N-methyl/N-ethyl adjacent to an activating group) is 1. The van der Waals surface area contributed by atoms with E-state index in [-0.39, 0.29) is 0 Å². The van der Waals surface area contributed by atoms with Crippen molar-refractivity contribution in [2.24, 2.45) is 0 Å². The molecule has 0 aliphatic carbocycles. The fraction of sp³-hybridized carbons (Fsp3) is 0.167. The SMILES string of the molecule is Cc1ccc(/C(=C\CN(C)C)c2ccc(-c3ccc(Br)cc3)cc2)cc1. The summed E-state index contributed by atoms with van der Waals surface area (Å²) in [5.41, 5.74) is 7.53. The molecule has 3 aromatic carbocycles. The van der Waals surface area contributed by atoms with Crippen molar-refractivity contribution in [2.45, 2.75) is 6.92 Å². The summed E-state index contributed by atoms with van der Waals surface area (Å²) in [6.45, 7) is 3.04. The molecule has 0 heterocycles. The standard InChI is InChI=1S/C24H24BrN/c1-18-4-6-21(7-5-18)24(16-17-26(2)3)22-10-8-19(9-11-22)20-12-14-23(25)15-13-20/h4-16H,17H2,1-3H3/b24-16+. The van der Waals surface area contributed by atoms with Crippen LogP contribution in [0.25, 0.3) is 16.7 Å².